The Balaban J connectivity index is 1.63. The van der Waals surface area contributed by atoms with Crippen LogP contribution in [0.1, 0.15) is 46.0 Å². The van der Waals surface area contributed by atoms with Gasteiger partial charge in [-0.1, -0.05) is 13.3 Å². The highest BCUT2D eigenvalue weighted by atomic mass is 16.2. The number of urea groups is 1. The SMILES string of the molecule is CCC1CCC2(CC1)NC(=O)N(CC(=O)N1CCNC(C)C1)C2=O. The fourth-order valence-electron chi connectivity index (χ4n) is 4.13. The molecule has 0 aromatic carbocycles. The molecule has 3 rings (SSSR count). The van der Waals surface area contributed by atoms with Crippen molar-refractivity contribution in [3.05, 3.63) is 0 Å². The van der Waals surface area contributed by atoms with E-state index < -0.39 is 11.6 Å². The van der Waals surface area contributed by atoms with Gasteiger partial charge in [-0.15, -0.1) is 0 Å². The smallest absolute Gasteiger partial charge is 0.325 e. The van der Waals surface area contributed by atoms with Crippen LogP contribution in [0.4, 0.5) is 4.79 Å². The van der Waals surface area contributed by atoms with Crippen LogP contribution in [0.5, 0.6) is 0 Å². The first-order chi connectivity index (χ1) is 11.4. The van der Waals surface area contributed by atoms with Gasteiger partial charge in [-0.3, -0.25) is 14.5 Å². The van der Waals surface area contributed by atoms with Gasteiger partial charge in [0.2, 0.25) is 5.91 Å². The molecule has 24 heavy (non-hydrogen) atoms. The molecule has 0 radical (unpaired) electrons. The Morgan fingerprint density at radius 3 is 2.62 bits per heavy atom. The Kier molecular flexibility index (Phi) is 4.80. The molecule has 4 amide bonds. The summed E-state index contributed by atoms with van der Waals surface area (Å²) in [5.74, 6) is 0.281. The second-order valence-electron chi connectivity index (χ2n) is 7.45. The van der Waals surface area contributed by atoms with Crippen LogP contribution in [-0.2, 0) is 9.59 Å². The standard InChI is InChI=1S/C17H28N4O3/c1-3-13-4-6-17(7-5-13)15(23)21(16(24)19-17)11-14(22)20-9-8-18-12(2)10-20/h12-13,18H,3-11H2,1-2H3,(H,19,24). The Labute approximate surface area is 143 Å². The molecule has 0 bridgehead atoms. The molecule has 7 heteroatoms. The van der Waals surface area contributed by atoms with E-state index in [0.29, 0.717) is 31.8 Å². The summed E-state index contributed by atoms with van der Waals surface area (Å²) in [5, 5.41) is 6.17. The van der Waals surface area contributed by atoms with Gasteiger partial charge in [0, 0.05) is 25.7 Å². The van der Waals surface area contributed by atoms with Crippen LogP contribution in [0, 0.1) is 5.92 Å². The van der Waals surface area contributed by atoms with E-state index in [0.717, 1.165) is 30.7 Å². The molecular weight excluding hydrogens is 308 g/mol. The molecule has 3 fully saturated rings. The number of rotatable bonds is 3. The maximum absolute atomic E-state index is 12.8. The van der Waals surface area contributed by atoms with Crippen molar-refractivity contribution < 1.29 is 14.4 Å². The van der Waals surface area contributed by atoms with Crippen molar-refractivity contribution in [2.24, 2.45) is 5.92 Å². The first-order valence-electron chi connectivity index (χ1n) is 9.10. The van der Waals surface area contributed by atoms with E-state index in [4.69, 9.17) is 0 Å². The lowest BCUT2D eigenvalue weighted by Crippen LogP contribution is -2.54. The van der Waals surface area contributed by atoms with E-state index in [-0.39, 0.29) is 24.4 Å². The summed E-state index contributed by atoms with van der Waals surface area (Å²) in [6, 6.07) is -0.173. The summed E-state index contributed by atoms with van der Waals surface area (Å²) in [6.45, 7) is 6.03. The van der Waals surface area contributed by atoms with Gasteiger partial charge < -0.3 is 15.5 Å². The van der Waals surface area contributed by atoms with Crippen molar-refractivity contribution in [1.29, 1.82) is 0 Å². The maximum Gasteiger partial charge on any atom is 0.325 e. The van der Waals surface area contributed by atoms with Crippen molar-refractivity contribution in [2.45, 2.75) is 57.5 Å². The Hall–Kier alpha value is -1.63. The Bertz CT molecular complexity index is 528. The molecule has 1 spiro atoms. The van der Waals surface area contributed by atoms with E-state index in [1.54, 1.807) is 4.90 Å². The molecule has 0 aromatic heterocycles. The predicted molar refractivity (Wildman–Crippen MR) is 89.3 cm³/mol. The third-order valence-corrected chi connectivity index (χ3v) is 5.80. The topological polar surface area (TPSA) is 81.8 Å². The van der Waals surface area contributed by atoms with E-state index in [2.05, 4.69) is 17.6 Å². The molecule has 2 heterocycles. The maximum atomic E-state index is 12.8. The predicted octanol–water partition coefficient (Wildman–Crippen LogP) is 0.698. The minimum atomic E-state index is -0.764. The zero-order valence-corrected chi connectivity index (χ0v) is 14.6. The second kappa shape index (κ2) is 6.70. The van der Waals surface area contributed by atoms with Crippen molar-refractivity contribution in [3.63, 3.8) is 0 Å². The molecule has 2 N–H and O–H groups in total. The Morgan fingerprint density at radius 2 is 2.00 bits per heavy atom. The molecular formula is C17H28N4O3. The summed E-state index contributed by atoms with van der Waals surface area (Å²) in [5.41, 5.74) is -0.764. The van der Waals surface area contributed by atoms with E-state index in [1.165, 1.54) is 0 Å². The number of nitrogens with zero attached hydrogens (tertiary/aromatic N) is 2. The lowest BCUT2D eigenvalue weighted by molar-refractivity contribution is -0.140. The number of nitrogens with one attached hydrogen (secondary N) is 2. The average molecular weight is 336 g/mol. The molecule has 2 saturated heterocycles. The van der Waals surface area contributed by atoms with E-state index in [1.807, 2.05) is 6.92 Å². The van der Waals surface area contributed by atoms with Crippen LogP contribution in [0.2, 0.25) is 0 Å². The minimum absolute atomic E-state index is 0.143. The van der Waals surface area contributed by atoms with Crippen LogP contribution in [-0.4, -0.2) is 65.4 Å². The third kappa shape index (κ3) is 3.14. The first kappa shape index (κ1) is 17.2. The molecule has 1 aliphatic carbocycles. The second-order valence-corrected chi connectivity index (χ2v) is 7.45. The van der Waals surface area contributed by atoms with Gasteiger partial charge in [-0.2, -0.15) is 0 Å². The highest BCUT2D eigenvalue weighted by Gasteiger charge is 2.52. The van der Waals surface area contributed by atoms with Crippen molar-refractivity contribution in [2.75, 3.05) is 26.2 Å². The summed E-state index contributed by atoms with van der Waals surface area (Å²) in [6.07, 6.45) is 4.40. The number of amides is 4. The van der Waals surface area contributed by atoms with Crippen molar-refractivity contribution >= 4 is 17.8 Å². The van der Waals surface area contributed by atoms with Crippen LogP contribution in [0.25, 0.3) is 0 Å². The fraction of sp³-hybridized carbons (Fsp3) is 0.824. The van der Waals surface area contributed by atoms with Gasteiger partial charge in [0.15, 0.2) is 0 Å². The number of hydrogen-bond acceptors (Lipinski definition) is 4. The van der Waals surface area contributed by atoms with Crippen LogP contribution >= 0.6 is 0 Å². The zero-order chi connectivity index (χ0) is 17.3. The molecule has 7 nitrogen and oxygen atoms in total. The highest BCUT2D eigenvalue weighted by Crippen LogP contribution is 2.37. The number of hydrogen-bond donors (Lipinski definition) is 2. The van der Waals surface area contributed by atoms with Gasteiger partial charge in [0.05, 0.1) is 0 Å². The molecule has 1 unspecified atom stereocenters. The number of carbonyl (C=O) groups excluding carboxylic acids is 3. The van der Waals surface area contributed by atoms with Gasteiger partial charge >= 0.3 is 6.03 Å². The van der Waals surface area contributed by atoms with Gasteiger partial charge in [-0.05, 0) is 38.5 Å². The van der Waals surface area contributed by atoms with E-state index >= 15 is 0 Å². The monoisotopic (exact) mass is 336 g/mol. The molecule has 134 valence electrons. The molecule has 1 atom stereocenters. The normalized spacial score (nSPS) is 33.9. The van der Waals surface area contributed by atoms with E-state index in [9.17, 15) is 14.4 Å². The van der Waals surface area contributed by atoms with Crippen LogP contribution < -0.4 is 10.6 Å². The summed E-state index contributed by atoms with van der Waals surface area (Å²) in [4.78, 5) is 40.5. The minimum Gasteiger partial charge on any atom is -0.338 e. The quantitative estimate of drug-likeness (QED) is 0.743. The molecule has 2 aliphatic heterocycles. The summed E-state index contributed by atoms with van der Waals surface area (Å²) < 4.78 is 0. The highest BCUT2D eigenvalue weighted by molar-refractivity contribution is 6.09. The van der Waals surface area contributed by atoms with Crippen molar-refractivity contribution in [1.82, 2.24) is 20.4 Å². The van der Waals surface area contributed by atoms with Crippen LogP contribution in [0.3, 0.4) is 0 Å². The van der Waals surface area contributed by atoms with Crippen LogP contribution in [0.15, 0.2) is 0 Å². The van der Waals surface area contributed by atoms with Gasteiger partial charge in [0.1, 0.15) is 12.1 Å². The number of imide groups is 1. The lowest BCUT2D eigenvalue weighted by Gasteiger charge is -2.35. The molecule has 0 aromatic rings. The zero-order valence-electron chi connectivity index (χ0n) is 14.6. The fourth-order valence-corrected chi connectivity index (χ4v) is 4.13. The first-order valence-corrected chi connectivity index (χ1v) is 9.10. The largest absolute Gasteiger partial charge is 0.338 e. The molecule has 1 saturated carbocycles. The number of piperazine rings is 1. The lowest BCUT2D eigenvalue weighted by atomic mass is 9.75. The average Bonchev–Trinajstić information content (AvgIpc) is 2.80. The van der Waals surface area contributed by atoms with Gasteiger partial charge in [0.25, 0.3) is 5.91 Å². The summed E-state index contributed by atoms with van der Waals surface area (Å²) in [7, 11) is 0. The third-order valence-electron chi connectivity index (χ3n) is 5.80. The Morgan fingerprint density at radius 1 is 1.29 bits per heavy atom. The summed E-state index contributed by atoms with van der Waals surface area (Å²) >= 11 is 0. The molecule has 3 aliphatic rings. The van der Waals surface area contributed by atoms with Gasteiger partial charge in [-0.25, -0.2) is 4.79 Å². The number of carbonyl (C=O) groups is 3. The van der Waals surface area contributed by atoms with Crippen molar-refractivity contribution in [3.8, 4) is 0 Å².